The van der Waals surface area contributed by atoms with Crippen molar-refractivity contribution in [3.8, 4) is 0 Å². The molecule has 4 heteroatoms. The molecule has 0 N–H and O–H groups in total. The van der Waals surface area contributed by atoms with Crippen LogP contribution in [0.15, 0.2) is 11.1 Å². The number of carboxylic acids is 1. The van der Waals surface area contributed by atoms with E-state index < -0.39 is 5.97 Å². The SMILES string of the molecule is C/C(Cl)=C/CCCCC(=O)[O-].[K+]. The van der Waals surface area contributed by atoms with Crippen LogP contribution in [0.1, 0.15) is 32.6 Å². The van der Waals surface area contributed by atoms with E-state index in [2.05, 4.69) is 0 Å². The number of unbranched alkanes of at least 4 members (excludes halogenated alkanes) is 2. The first-order chi connectivity index (χ1) is 5.13. The van der Waals surface area contributed by atoms with Crippen LogP contribution in [0.4, 0.5) is 0 Å². The second kappa shape index (κ2) is 10.2. The maximum atomic E-state index is 9.94. The van der Waals surface area contributed by atoms with Crippen LogP contribution in [-0.2, 0) is 4.79 Å². The molecule has 0 fully saturated rings. The first-order valence-corrected chi connectivity index (χ1v) is 4.03. The molecule has 0 amide bonds. The van der Waals surface area contributed by atoms with Gasteiger partial charge in [-0.1, -0.05) is 17.7 Å². The minimum absolute atomic E-state index is 0. The molecule has 0 spiro atoms. The fourth-order valence-corrected chi connectivity index (χ4v) is 0.824. The monoisotopic (exact) mass is 214 g/mol. The van der Waals surface area contributed by atoms with Crippen molar-refractivity contribution in [3.63, 3.8) is 0 Å². The van der Waals surface area contributed by atoms with Gasteiger partial charge in [-0.05, 0) is 32.6 Å². The Labute approximate surface area is 121 Å². The van der Waals surface area contributed by atoms with Crippen LogP contribution in [0.3, 0.4) is 0 Å². The van der Waals surface area contributed by atoms with E-state index in [0.29, 0.717) is 6.42 Å². The Kier molecular flexibility index (Phi) is 13.3. The number of carbonyl (C=O) groups excluding carboxylic acids is 1. The van der Waals surface area contributed by atoms with Crippen molar-refractivity contribution in [1.82, 2.24) is 0 Å². The van der Waals surface area contributed by atoms with Crippen molar-refractivity contribution in [2.45, 2.75) is 32.6 Å². The van der Waals surface area contributed by atoms with Gasteiger partial charge in [-0.25, -0.2) is 0 Å². The van der Waals surface area contributed by atoms with Gasteiger partial charge in [0.1, 0.15) is 0 Å². The van der Waals surface area contributed by atoms with Gasteiger partial charge < -0.3 is 9.90 Å². The summed E-state index contributed by atoms with van der Waals surface area (Å²) in [6, 6.07) is 0. The third-order valence-electron chi connectivity index (χ3n) is 1.26. The summed E-state index contributed by atoms with van der Waals surface area (Å²) in [5.74, 6) is -0.975. The van der Waals surface area contributed by atoms with E-state index in [1.807, 2.05) is 6.08 Å². The van der Waals surface area contributed by atoms with E-state index in [4.69, 9.17) is 11.6 Å². The number of carboxylic acid groups (broad SMARTS) is 1. The molecule has 0 aliphatic heterocycles. The fraction of sp³-hybridized carbons (Fsp3) is 0.625. The molecular weight excluding hydrogens is 203 g/mol. The first kappa shape index (κ1) is 15.6. The molecule has 2 nitrogen and oxygen atoms in total. The van der Waals surface area contributed by atoms with E-state index >= 15 is 0 Å². The number of carbonyl (C=O) groups is 1. The maximum absolute atomic E-state index is 9.94. The molecule has 0 atom stereocenters. The molecule has 0 aromatic heterocycles. The first-order valence-electron chi connectivity index (χ1n) is 3.65. The maximum Gasteiger partial charge on any atom is 1.00 e. The summed E-state index contributed by atoms with van der Waals surface area (Å²) in [4.78, 5) is 9.94. The summed E-state index contributed by atoms with van der Waals surface area (Å²) < 4.78 is 0. The third kappa shape index (κ3) is 13.7. The Hall–Kier alpha value is 1.14. The van der Waals surface area contributed by atoms with Gasteiger partial charge >= 0.3 is 51.4 Å². The second-order valence-electron chi connectivity index (χ2n) is 2.41. The molecule has 12 heavy (non-hydrogen) atoms. The average Bonchev–Trinajstić information content (AvgIpc) is 1.85. The molecule has 0 bridgehead atoms. The van der Waals surface area contributed by atoms with Crippen LogP contribution in [-0.4, -0.2) is 5.97 Å². The molecule has 0 unspecified atom stereocenters. The molecule has 0 radical (unpaired) electrons. The topological polar surface area (TPSA) is 40.1 Å². The van der Waals surface area contributed by atoms with Gasteiger partial charge in [0.15, 0.2) is 0 Å². The Morgan fingerprint density at radius 3 is 2.50 bits per heavy atom. The molecule has 0 aromatic carbocycles. The molecule has 0 aromatic rings. The second-order valence-corrected chi connectivity index (χ2v) is 3.00. The normalized spacial score (nSPS) is 10.7. The largest absolute Gasteiger partial charge is 1.00 e. The summed E-state index contributed by atoms with van der Waals surface area (Å²) in [6.07, 6.45) is 4.41. The van der Waals surface area contributed by atoms with Crippen LogP contribution in [0, 0.1) is 0 Å². The third-order valence-corrected chi connectivity index (χ3v) is 1.41. The Morgan fingerprint density at radius 1 is 1.50 bits per heavy atom. The van der Waals surface area contributed by atoms with Gasteiger partial charge in [-0.15, -0.1) is 0 Å². The molecule has 0 saturated heterocycles. The number of aliphatic carboxylic acids is 1. The number of hydrogen-bond acceptors (Lipinski definition) is 2. The van der Waals surface area contributed by atoms with Crippen LogP contribution in [0.25, 0.3) is 0 Å². The minimum Gasteiger partial charge on any atom is -0.550 e. The number of hydrogen-bond donors (Lipinski definition) is 0. The molecule has 0 rings (SSSR count). The van der Waals surface area contributed by atoms with Gasteiger partial charge in [0.25, 0.3) is 0 Å². The average molecular weight is 215 g/mol. The minimum atomic E-state index is -0.975. The molecule has 0 aliphatic carbocycles. The van der Waals surface area contributed by atoms with Gasteiger partial charge in [-0.2, -0.15) is 0 Å². The van der Waals surface area contributed by atoms with Crippen molar-refractivity contribution in [3.05, 3.63) is 11.1 Å². The van der Waals surface area contributed by atoms with E-state index in [0.717, 1.165) is 17.9 Å². The summed E-state index contributed by atoms with van der Waals surface area (Å²) in [5, 5.41) is 10.7. The summed E-state index contributed by atoms with van der Waals surface area (Å²) in [6.45, 7) is 1.81. The van der Waals surface area contributed by atoms with Crippen LogP contribution in [0.5, 0.6) is 0 Å². The standard InChI is InChI=1S/C8H13ClO2.K/c1-7(9)5-3-2-4-6-8(10)11;/h5H,2-4,6H2,1H3,(H,10,11);/q;+1/p-1/b7-5-;. The van der Waals surface area contributed by atoms with Gasteiger partial charge in [-0.3, -0.25) is 0 Å². The zero-order chi connectivity index (χ0) is 8.69. The van der Waals surface area contributed by atoms with E-state index in [1.165, 1.54) is 0 Å². The Morgan fingerprint density at radius 2 is 2.08 bits per heavy atom. The van der Waals surface area contributed by atoms with Crippen molar-refractivity contribution in [2.75, 3.05) is 0 Å². The van der Waals surface area contributed by atoms with Crippen LogP contribution >= 0.6 is 11.6 Å². The van der Waals surface area contributed by atoms with Gasteiger partial charge in [0.2, 0.25) is 0 Å². The van der Waals surface area contributed by atoms with E-state index in [-0.39, 0.29) is 57.8 Å². The molecule has 0 heterocycles. The summed E-state index contributed by atoms with van der Waals surface area (Å²) >= 11 is 5.55. The smallest absolute Gasteiger partial charge is 0.550 e. The zero-order valence-electron chi connectivity index (χ0n) is 7.60. The summed E-state index contributed by atoms with van der Waals surface area (Å²) in [5.41, 5.74) is 0. The molecular formula is C8H12ClKO2. The van der Waals surface area contributed by atoms with Gasteiger partial charge in [0, 0.05) is 11.0 Å². The quantitative estimate of drug-likeness (QED) is 0.411. The predicted molar refractivity (Wildman–Crippen MR) is 43.1 cm³/mol. The summed E-state index contributed by atoms with van der Waals surface area (Å²) in [7, 11) is 0. The number of rotatable bonds is 5. The molecule has 0 aliphatic rings. The van der Waals surface area contributed by atoms with Crippen molar-refractivity contribution in [2.24, 2.45) is 0 Å². The van der Waals surface area contributed by atoms with E-state index in [9.17, 15) is 9.90 Å². The van der Waals surface area contributed by atoms with Crippen LogP contribution in [0.2, 0.25) is 0 Å². The fourth-order valence-electron chi connectivity index (χ4n) is 0.715. The molecule has 0 saturated carbocycles. The van der Waals surface area contributed by atoms with Crippen molar-refractivity contribution < 1.29 is 61.3 Å². The number of halogens is 1. The van der Waals surface area contributed by atoms with Gasteiger partial charge in [0.05, 0.1) is 0 Å². The van der Waals surface area contributed by atoms with Crippen molar-refractivity contribution in [1.29, 1.82) is 0 Å². The van der Waals surface area contributed by atoms with E-state index in [1.54, 1.807) is 6.92 Å². The van der Waals surface area contributed by atoms with Crippen LogP contribution < -0.4 is 56.5 Å². The Balaban J connectivity index is 0. The Bertz CT molecular complexity index is 153. The number of allylic oxidation sites excluding steroid dienone is 2. The zero-order valence-corrected chi connectivity index (χ0v) is 11.5. The predicted octanol–water partition coefficient (Wildman–Crippen LogP) is -1.56. The van der Waals surface area contributed by atoms with Crippen molar-refractivity contribution >= 4 is 17.6 Å². The molecule has 64 valence electrons.